The van der Waals surface area contributed by atoms with Crippen LogP contribution in [0.1, 0.15) is 25.7 Å². The lowest BCUT2D eigenvalue weighted by Crippen LogP contribution is -2.07. The molecule has 0 saturated carbocycles. The number of aromatic amines is 1. The number of aromatic nitrogens is 6. The van der Waals surface area contributed by atoms with E-state index in [-0.39, 0.29) is 0 Å². The Morgan fingerprint density at radius 2 is 2.38 bits per heavy atom. The molecule has 0 saturated heterocycles. The minimum Gasteiger partial charge on any atom is -0.368 e. The summed E-state index contributed by atoms with van der Waals surface area (Å²) in [5.74, 6) is 1.91. The number of hydrogen-bond acceptors (Lipinski definition) is 6. The highest BCUT2D eigenvalue weighted by molar-refractivity contribution is 7.98. The predicted octanol–water partition coefficient (Wildman–Crippen LogP) is 0.852. The van der Waals surface area contributed by atoms with Crippen molar-refractivity contribution in [3.8, 4) is 0 Å². The third kappa shape index (κ3) is 2.32. The molecule has 86 valence electrons. The van der Waals surface area contributed by atoms with Crippen molar-refractivity contribution in [2.24, 2.45) is 0 Å². The number of H-pyrrole nitrogens is 1. The van der Waals surface area contributed by atoms with Crippen LogP contribution in [0.2, 0.25) is 0 Å². The minimum absolute atomic E-state index is 0.301. The van der Waals surface area contributed by atoms with Crippen molar-refractivity contribution in [3.05, 3.63) is 12.2 Å². The lowest BCUT2D eigenvalue weighted by Gasteiger charge is -2.07. The van der Waals surface area contributed by atoms with Crippen LogP contribution in [0.3, 0.4) is 0 Å². The summed E-state index contributed by atoms with van der Waals surface area (Å²) in [5, 5.41) is 11.3. The van der Waals surface area contributed by atoms with Gasteiger partial charge in [-0.25, -0.2) is 14.8 Å². The number of thioether (sulfide) groups is 1. The van der Waals surface area contributed by atoms with Gasteiger partial charge < -0.3 is 5.73 Å². The summed E-state index contributed by atoms with van der Waals surface area (Å²) in [5.41, 5.74) is 5.43. The average molecular weight is 239 g/mol. The van der Waals surface area contributed by atoms with Gasteiger partial charge in [-0.05, 0) is 13.8 Å². The van der Waals surface area contributed by atoms with Crippen molar-refractivity contribution in [2.45, 2.75) is 30.8 Å². The molecule has 3 N–H and O–H groups in total. The van der Waals surface area contributed by atoms with Crippen LogP contribution in [-0.2, 0) is 5.75 Å². The van der Waals surface area contributed by atoms with Gasteiger partial charge >= 0.3 is 0 Å². The highest BCUT2D eigenvalue weighted by atomic mass is 32.2. The summed E-state index contributed by atoms with van der Waals surface area (Å²) in [6.45, 7) is 4.13. The van der Waals surface area contributed by atoms with E-state index in [4.69, 9.17) is 5.73 Å². The standard InChI is InChI=1S/C8H13N7S/c1-5(2)15-6(10-4-11-15)3-16-8-12-7(9)13-14-8/h4-5H,3H2,1-2H3,(H3,9,12,13,14). The van der Waals surface area contributed by atoms with Gasteiger partial charge in [-0.1, -0.05) is 11.8 Å². The summed E-state index contributed by atoms with van der Waals surface area (Å²) in [4.78, 5) is 8.19. The van der Waals surface area contributed by atoms with Crippen LogP contribution < -0.4 is 5.73 Å². The van der Waals surface area contributed by atoms with Gasteiger partial charge in [-0.2, -0.15) is 10.1 Å². The molecule has 0 aliphatic rings. The van der Waals surface area contributed by atoms with Gasteiger partial charge in [0.2, 0.25) is 11.1 Å². The smallest absolute Gasteiger partial charge is 0.216 e. The van der Waals surface area contributed by atoms with E-state index < -0.39 is 0 Å². The number of rotatable bonds is 4. The Hall–Kier alpha value is -1.57. The molecule has 0 bridgehead atoms. The van der Waals surface area contributed by atoms with Crippen molar-refractivity contribution in [3.63, 3.8) is 0 Å². The summed E-state index contributed by atoms with van der Waals surface area (Å²) in [6.07, 6.45) is 1.56. The second kappa shape index (κ2) is 4.52. The fraction of sp³-hybridized carbons (Fsp3) is 0.500. The van der Waals surface area contributed by atoms with Gasteiger partial charge in [0, 0.05) is 6.04 Å². The SMILES string of the molecule is CC(C)n1ncnc1CSc1n[nH]c(N)n1. The van der Waals surface area contributed by atoms with Crippen molar-refractivity contribution >= 4 is 17.7 Å². The number of nitrogen functional groups attached to an aromatic ring is 1. The normalized spacial score (nSPS) is 11.2. The molecule has 0 unspecified atom stereocenters. The van der Waals surface area contributed by atoms with Crippen LogP contribution in [0.15, 0.2) is 11.5 Å². The molecule has 2 aromatic heterocycles. The summed E-state index contributed by atoms with van der Waals surface area (Å²) >= 11 is 1.47. The van der Waals surface area contributed by atoms with Gasteiger partial charge in [0.25, 0.3) is 0 Å². The Balaban J connectivity index is 2.02. The number of anilines is 1. The third-order valence-corrected chi connectivity index (χ3v) is 2.79. The zero-order valence-corrected chi connectivity index (χ0v) is 9.90. The van der Waals surface area contributed by atoms with Gasteiger partial charge in [0.1, 0.15) is 12.2 Å². The second-order valence-electron chi connectivity index (χ2n) is 3.51. The second-order valence-corrected chi connectivity index (χ2v) is 4.45. The van der Waals surface area contributed by atoms with Crippen LogP contribution in [0.5, 0.6) is 0 Å². The highest BCUT2D eigenvalue weighted by Crippen LogP contribution is 2.19. The van der Waals surface area contributed by atoms with E-state index in [0.29, 0.717) is 22.9 Å². The fourth-order valence-corrected chi connectivity index (χ4v) is 2.00. The molecular formula is C8H13N7S. The lowest BCUT2D eigenvalue weighted by molar-refractivity contribution is 0.514. The third-order valence-electron chi connectivity index (χ3n) is 1.95. The van der Waals surface area contributed by atoms with E-state index in [2.05, 4.69) is 39.1 Å². The molecule has 0 radical (unpaired) electrons. The summed E-state index contributed by atoms with van der Waals surface area (Å²) in [6, 6.07) is 0.301. The van der Waals surface area contributed by atoms with Crippen LogP contribution in [-0.4, -0.2) is 29.9 Å². The van der Waals surface area contributed by atoms with Crippen molar-refractivity contribution in [1.29, 1.82) is 0 Å². The lowest BCUT2D eigenvalue weighted by atomic mass is 10.4. The maximum absolute atomic E-state index is 5.43. The molecule has 2 aromatic rings. The maximum atomic E-state index is 5.43. The summed E-state index contributed by atoms with van der Waals surface area (Å²) in [7, 11) is 0. The zero-order chi connectivity index (χ0) is 11.5. The molecule has 7 nitrogen and oxygen atoms in total. The first-order valence-corrected chi connectivity index (χ1v) is 5.84. The molecule has 0 aliphatic carbocycles. The molecular weight excluding hydrogens is 226 g/mol. The Labute approximate surface area is 96.9 Å². The Kier molecular flexibility index (Phi) is 3.09. The molecule has 0 amide bonds. The Morgan fingerprint density at radius 3 is 3.00 bits per heavy atom. The van der Waals surface area contributed by atoms with Gasteiger partial charge in [0.05, 0.1) is 5.75 Å². The van der Waals surface area contributed by atoms with E-state index in [1.165, 1.54) is 11.8 Å². The van der Waals surface area contributed by atoms with Crippen LogP contribution in [0.25, 0.3) is 0 Å². The molecule has 0 aliphatic heterocycles. The van der Waals surface area contributed by atoms with E-state index in [1.807, 2.05) is 4.68 Å². The monoisotopic (exact) mass is 239 g/mol. The van der Waals surface area contributed by atoms with Crippen molar-refractivity contribution in [1.82, 2.24) is 29.9 Å². The van der Waals surface area contributed by atoms with Gasteiger partial charge in [0.15, 0.2) is 0 Å². The van der Waals surface area contributed by atoms with E-state index in [1.54, 1.807) is 6.33 Å². The first kappa shape index (κ1) is 10.9. The molecule has 2 heterocycles. The maximum Gasteiger partial charge on any atom is 0.216 e. The Bertz CT molecular complexity index is 460. The van der Waals surface area contributed by atoms with E-state index >= 15 is 0 Å². The number of nitrogens with one attached hydrogen (secondary N) is 1. The average Bonchev–Trinajstić information content (AvgIpc) is 2.83. The minimum atomic E-state index is 0.301. The fourth-order valence-electron chi connectivity index (χ4n) is 1.26. The topological polar surface area (TPSA) is 98.3 Å². The molecule has 0 fully saturated rings. The van der Waals surface area contributed by atoms with E-state index in [0.717, 1.165) is 5.82 Å². The van der Waals surface area contributed by atoms with Crippen LogP contribution in [0, 0.1) is 0 Å². The molecule has 0 aromatic carbocycles. The largest absolute Gasteiger partial charge is 0.368 e. The molecule has 2 rings (SSSR count). The van der Waals surface area contributed by atoms with Gasteiger partial charge in [-0.3, -0.25) is 0 Å². The predicted molar refractivity (Wildman–Crippen MR) is 60.8 cm³/mol. The van der Waals surface area contributed by atoms with Crippen molar-refractivity contribution in [2.75, 3.05) is 5.73 Å². The number of nitrogens with two attached hydrogens (primary N) is 1. The zero-order valence-electron chi connectivity index (χ0n) is 9.08. The van der Waals surface area contributed by atoms with Crippen LogP contribution >= 0.6 is 11.8 Å². The molecule has 16 heavy (non-hydrogen) atoms. The van der Waals surface area contributed by atoms with Gasteiger partial charge in [-0.15, -0.1) is 5.10 Å². The number of hydrogen-bond donors (Lipinski definition) is 2. The molecule has 0 atom stereocenters. The molecule has 0 spiro atoms. The van der Waals surface area contributed by atoms with Crippen LogP contribution in [0.4, 0.5) is 5.95 Å². The summed E-state index contributed by atoms with van der Waals surface area (Å²) < 4.78 is 1.88. The molecule has 8 heteroatoms. The quantitative estimate of drug-likeness (QED) is 0.767. The Morgan fingerprint density at radius 1 is 1.56 bits per heavy atom. The highest BCUT2D eigenvalue weighted by Gasteiger charge is 2.09. The first-order valence-electron chi connectivity index (χ1n) is 4.86. The van der Waals surface area contributed by atoms with E-state index in [9.17, 15) is 0 Å². The van der Waals surface area contributed by atoms with Crippen molar-refractivity contribution < 1.29 is 0 Å². The first-order chi connectivity index (χ1) is 7.66. The number of nitrogens with zero attached hydrogens (tertiary/aromatic N) is 5.